The van der Waals surface area contributed by atoms with Crippen molar-refractivity contribution in [1.29, 1.82) is 0 Å². The molecule has 0 saturated carbocycles. The summed E-state index contributed by atoms with van der Waals surface area (Å²) in [7, 11) is 0. The van der Waals surface area contributed by atoms with Crippen LogP contribution in [0.3, 0.4) is 0 Å². The van der Waals surface area contributed by atoms with Gasteiger partial charge in [0.05, 0.1) is 0 Å². The van der Waals surface area contributed by atoms with E-state index in [1.165, 1.54) is 10.5 Å². The molecule has 1 aromatic carbocycles. The number of benzene rings is 1. The van der Waals surface area contributed by atoms with Crippen LogP contribution >= 0.6 is 0 Å². The van der Waals surface area contributed by atoms with Gasteiger partial charge in [-0.1, -0.05) is 18.2 Å². The fraction of sp³-hybridized carbons (Fsp3) is 0.176. The van der Waals surface area contributed by atoms with Crippen LogP contribution in [0.4, 0.5) is 4.79 Å². The summed E-state index contributed by atoms with van der Waals surface area (Å²) in [6.07, 6.45) is 5.55. The zero-order chi connectivity index (χ0) is 15.1. The van der Waals surface area contributed by atoms with Crippen molar-refractivity contribution >= 4 is 33.5 Å². The first kappa shape index (κ1) is 12.9. The van der Waals surface area contributed by atoms with Gasteiger partial charge in [0.2, 0.25) is 0 Å². The van der Waals surface area contributed by atoms with Crippen molar-refractivity contribution in [2.45, 2.75) is 6.42 Å². The smallest absolute Gasteiger partial charge is 0.407 e. The topological polar surface area (TPSA) is 69.2 Å². The van der Waals surface area contributed by atoms with Crippen LogP contribution in [0.2, 0.25) is 0 Å². The quantitative estimate of drug-likeness (QED) is 0.721. The Morgan fingerprint density at radius 1 is 1.23 bits per heavy atom. The van der Waals surface area contributed by atoms with Gasteiger partial charge in [-0.3, -0.25) is 4.98 Å². The molecular formula is C17H15N3O2. The Morgan fingerprint density at radius 3 is 2.91 bits per heavy atom. The van der Waals surface area contributed by atoms with Gasteiger partial charge in [0.15, 0.2) is 0 Å². The normalized spacial score (nSPS) is 15.3. The van der Waals surface area contributed by atoms with E-state index >= 15 is 0 Å². The van der Waals surface area contributed by atoms with Crippen LogP contribution in [-0.2, 0) is 0 Å². The van der Waals surface area contributed by atoms with Crippen molar-refractivity contribution < 1.29 is 9.90 Å². The van der Waals surface area contributed by atoms with Gasteiger partial charge >= 0.3 is 6.09 Å². The maximum atomic E-state index is 11.0. The van der Waals surface area contributed by atoms with E-state index in [0.29, 0.717) is 13.1 Å². The highest BCUT2D eigenvalue weighted by molar-refractivity contribution is 6.07. The van der Waals surface area contributed by atoms with Gasteiger partial charge in [0, 0.05) is 47.3 Å². The number of nitrogens with zero attached hydrogens (tertiary/aromatic N) is 2. The Kier molecular flexibility index (Phi) is 2.85. The Morgan fingerprint density at radius 2 is 2.14 bits per heavy atom. The molecule has 0 spiro atoms. The lowest BCUT2D eigenvalue weighted by atomic mass is 9.98. The molecule has 0 atom stereocenters. The molecule has 5 heteroatoms. The summed E-state index contributed by atoms with van der Waals surface area (Å²) in [5, 5.41) is 11.3. The van der Waals surface area contributed by atoms with Crippen LogP contribution in [0, 0.1) is 0 Å². The molecule has 0 aliphatic carbocycles. The molecule has 2 N–H and O–H groups in total. The minimum atomic E-state index is -0.853. The van der Waals surface area contributed by atoms with E-state index in [9.17, 15) is 4.79 Å². The zero-order valence-electron chi connectivity index (χ0n) is 11.9. The number of carbonyl (C=O) groups is 1. The second kappa shape index (κ2) is 4.87. The lowest BCUT2D eigenvalue weighted by Crippen LogP contribution is -2.33. The number of nitrogens with one attached hydrogen (secondary N) is 1. The number of hydrogen-bond acceptors (Lipinski definition) is 2. The fourth-order valence-electron chi connectivity index (χ4n) is 3.05. The predicted molar refractivity (Wildman–Crippen MR) is 85.8 cm³/mol. The molecule has 2 aromatic heterocycles. The molecule has 0 bridgehead atoms. The van der Waals surface area contributed by atoms with Gasteiger partial charge in [-0.2, -0.15) is 0 Å². The minimum Gasteiger partial charge on any atom is -0.465 e. The number of fused-ring (bicyclic) bond motifs is 3. The lowest BCUT2D eigenvalue weighted by Gasteiger charge is -2.23. The van der Waals surface area contributed by atoms with Crippen molar-refractivity contribution in [2.75, 3.05) is 13.1 Å². The summed E-state index contributed by atoms with van der Waals surface area (Å²) in [5.41, 5.74) is 4.52. The Bertz CT molecular complexity index is 911. The standard InChI is InChI=1S/C17H15N3O2/c21-17(22)20-7-4-11(5-8-20)12-1-2-13-14-10-18-6-3-15(14)19-16(13)9-12/h1-4,6,9-10,19H,5,7-8H2,(H,21,22). The van der Waals surface area contributed by atoms with Crippen molar-refractivity contribution in [1.82, 2.24) is 14.9 Å². The van der Waals surface area contributed by atoms with Gasteiger partial charge in [-0.05, 0) is 29.7 Å². The van der Waals surface area contributed by atoms with Crippen LogP contribution in [0.5, 0.6) is 0 Å². The van der Waals surface area contributed by atoms with Gasteiger partial charge < -0.3 is 15.0 Å². The Balaban J connectivity index is 1.74. The molecule has 0 saturated heterocycles. The highest BCUT2D eigenvalue weighted by Gasteiger charge is 2.17. The number of hydrogen-bond donors (Lipinski definition) is 2. The van der Waals surface area contributed by atoms with E-state index in [1.807, 2.05) is 18.3 Å². The molecule has 0 unspecified atom stereocenters. The summed E-state index contributed by atoms with van der Waals surface area (Å²) in [6, 6.07) is 8.32. The summed E-state index contributed by atoms with van der Waals surface area (Å²) in [4.78, 5) is 20.0. The number of pyridine rings is 1. The van der Waals surface area contributed by atoms with Gasteiger partial charge in [-0.25, -0.2) is 4.79 Å². The maximum Gasteiger partial charge on any atom is 0.407 e. The number of amides is 1. The molecular weight excluding hydrogens is 278 g/mol. The van der Waals surface area contributed by atoms with E-state index in [2.05, 4.69) is 28.2 Å². The van der Waals surface area contributed by atoms with E-state index in [-0.39, 0.29) is 0 Å². The van der Waals surface area contributed by atoms with Crippen LogP contribution < -0.4 is 0 Å². The van der Waals surface area contributed by atoms with Crippen molar-refractivity contribution in [2.24, 2.45) is 0 Å². The molecule has 1 aliphatic heterocycles. The second-order valence-corrected chi connectivity index (χ2v) is 5.51. The first-order valence-corrected chi connectivity index (χ1v) is 7.25. The van der Waals surface area contributed by atoms with Crippen LogP contribution in [0.25, 0.3) is 27.4 Å². The van der Waals surface area contributed by atoms with Crippen LogP contribution in [0.1, 0.15) is 12.0 Å². The summed E-state index contributed by atoms with van der Waals surface area (Å²) in [5.74, 6) is 0. The largest absolute Gasteiger partial charge is 0.465 e. The summed E-state index contributed by atoms with van der Waals surface area (Å²) < 4.78 is 0. The number of aromatic amines is 1. The molecule has 3 aromatic rings. The van der Waals surface area contributed by atoms with E-state index in [0.717, 1.165) is 33.8 Å². The van der Waals surface area contributed by atoms with Gasteiger partial charge in [0.1, 0.15) is 0 Å². The minimum absolute atomic E-state index is 0.458. The molecule has 0 radical (unpaired) electrons. The van der Waals surface area contributed by atoms with Gasteiger partial charge in [-0.15, -0.1) is 0 Å². The first-order valence-electron chi connectivity index (χ1n) is 7.25. The third-order valence-electron chi connectivity index (χ3n) is 4.25. The number of aromatic nitrogens is 2. The third-order valence-corrected chi connectivity index (χ3v) is 4.25. The summed E-state index contributed by atoms with van der Waals surface area (Å²) >= 11 is 0. The lowest BCUT2D eigenvalue weighted by molar-refractivity contribution is 0.150. The molecule has 110 valence electrons. The summed E-state index contributed by atoms with van der Waals surface area (Å²) in [6.45, 7) is 1.01. The SMILES string of the molecule is O=C(O)N1CC=C(c2ccc3c(c2)[nH]c2ccncc23)CC1. The molecule has 5 nitrogen and oxygen atoms in total. The fourth-order valence-corrected chi connectivity index (χ4v) is 3.05. The van der Waals surface area contributed by atoms with Crippen LogP contribution in [0.15, 0.2) is 42.7 Å². The number of H-pyrrole nitrogens is 1. The average Bonchev–Trinajstić information content (AvgIpc) is 2.92. The highest BCUT2D eigenvalue weighted by atomic mass is 16.4. The van der Waals surface area contributed by atoms with E-state index in [1.54, 1.807) is 6.20 Å². The number of carboxylic acid groups (broad SMARTS) is 1. The zero-order valence-corrected chi connectivity index (χ0v) is 11.9. The van der Waals surface area contributed by atoms with E-state index < -0.39 is 6.09 Å². The molecule has 4 rings (SSSR count). The Hall–Kier alpha value is -2.82. The van der Waals surface area contributed by atoms with E-state index in [4.69, 9.17) is 5.11 Å². The van der Waals surface area contributed by atoms with Crippen molar-refractivity contribution in [3.8, 4) is 0 Å². The highest BCUT2D eigenvalue weighted by Crippen LogP contribution is 2.29. The molecule has 1 aliphatic rings. The molecule has 0 fully saturated rings. The molecule has 1 amide bonds. The molecule has 3 heterocycles. The van der Waals surface area contributed by atoms with Crippen molar-refractivity contribution in [3.05, 3.63) is 48.3 Å². The second-order valence-electron chi connectivity index (χ2n) is 5.51. The Labute approximate surface area is 126 Å². The average molecular weight is 293 g/mol. The first-order chi connectivity index (χ1) is 10.7. The number of rotatable bonds is 1. The monoisotopic (exact) mass is 293 g/mol. The maximum absolute atomic E-state index is 11.0. The van der Waals surface area contributed by atoms with Crippen molar-refractivity contribution in [3.63, 3.8) is 0 Å². The van der Waals surface area contributed by atoms with Crippen LogP contribution in [-0.4, -0.2) is 39.2 Å². The molecule has 22 heavy (non-hydrogen) atoms. The predicted octanol–water partition coefficient (Wildman–Crippen LogP) is 3.48. The van der Waals surface area contributed by atoms with Gasteiger partial charge in [0.25, 0.3) is 0 Å². The third kappa shape index (κ3) is 2.02.